The van der Waals surface area contributed by atoms with Gasteiger partial charge in [-0.1, -0.05) is 24.3 Å². The van der Waals surface area contributed by atoms with Crippen LogP contribution in [0.4, 0.5) is 17.1 Å². The summed E-state index contributed by atoms with van der Waals surface area (Å²) < 4.78 is 11.2. The monoisotopic (exact) mass is 377 g/mol. The van der Waals surface area contributed by atoms with Crippen molar-refractivity contribution in [2.24, 2.45) is 4.99 Å². The fourth-order valence-electron chi connectivity index (χ4n) is 3.35. The van der Waals surface area contributed by atoms with Gasteiger partial charge in [0.05, 0.1) is 29.4 Å². The van der Waals surface area contributed by atoms with Gasteiger partial charge in [0.1, 0.15) is 11.6 Å². The Labute approximate surface area is 161 Å². The molecule has 28 heavy (non-hydrogen) atoms. The van der Waals surface area contributed by atoms with Crippen molar-refractivity contribution < 1.29 is 14.4 Å². The first-order valence-corrected chi connectivity index (χ1v) is 9.08. The van der Waals surface area contributed by atoms with Gasteiger partial charge in [-0.3, -0.25) is 10.1 Å². The molecule has 0 aromatic heterocycles. The quantitative estimate of drug-likeness (QED) is 0.480. The number of amidine groups is 1. The Bertz CT molecular complexity index is 1100. The van der Waals surface area contributed by atoms with Gasteiger partial charge >= 0.3 is 5.69 Å². The van der Waals surface area contributed by atoms with Crippen LogP contribution in [-0.2, 0) is 0 Å². The SMILES string of the molecule is CCOc1cc(OCC)c([N+](=O)[O-])cc1C1=Nc2cccc3cccc(c23)N1. The van der Waals surface area contributed by atoms with Crippen molar-refractivity contribution in [3.8, 4) is 11.5 Å². The van der Waals surface area contributed by atoms with E-state index in [1.165, 1.54) is 6.07 Å². The van der Waals surface area contributed by atoms with Gasteiger partial charge in [-0.15, -0.1) is 0 Å². The molecular weight excluding hydrogens is 358 g/mol. The zero-order valence-electron chi connectivity index (χ0n) is 15.6. The molecule has 1 heterocycles. The fourth-order valence-corrected chi connectivity index (χ4v) is 3.35. The van der Waals surface area contributed by atoms with E-state index >= 15 is 0 Å². The van der Waals surface area contributed by atoms with Crippen molar-refractivity contribution in [3.63, 3.8) is 0 Å². The second kappa shape index (κ2) is 7.19. The molecule has 0 aliphatic carbocycles. The average Bonchev–Trinajstić information content (AvgIpc) is 2.69. The maximum absolute atomic E-state index is 11.6. The Balaban J connectivity index is 1.91. The maximum atomic E-state index is 11.6. The van der Waals surface area contributed by atoms with Crippen LogP contribution in [0.5, 0.6) is 11.5 Å². The molecule has 0 fully saturated rings. The predicted molar refractivity (Wildman–Crippen MR) is 109 cm³/mol. The van der Waals surface area contributed by atoms with Crippen LogP contribution in [0.25, 0.3) is 10.8 Å². The number of nitro benzene ring substituents is 1. The van der Waals surface area contributed by atoms with Gasteiger partial charge in [-0.2, -0.15) is 0 Å². The number of ether oxygens (including phenoxy) is 2. The molecule has 0 atom stereocenters. The number of rotatable bonds is 6. The van der Waals surface area contributed by atoms with Crippen LogP contribution < -0.4 is 14.8 Å². The van der Waals surface area contributed by atoms with E-state index in [0.29, 0.717) is 30.4 Å². The Hall–Kier alpha value is -3.61. The lowest BCUT2D eigenvalue weighted by Crippen LogP contribution is -2.18. The fraction of sp³-hybridized carbons (Fsp3) is 0.190. The smallest absolute Gasteiger partial charge is 0.311 e. The average molecular weight is 377 g/mol. The Kier molecular flexibility index (Phi) is 4.57. The van der Waals surface area contributed by atoms with E-state index in [2.05, 4.69) is 5.32 Å². The van der Waals surface area contributed by atoms with Crippen LogP contribution in [0.1, 0.15) is 19.4 Å². The molecule has 142 valence electrons. The highest BCUT2D eigenvalue weighted by Crippen LogP contribution is 2.40. The first-order chi connectivity index (χ1) is 13.6. The molecule has 1 aliphatic heterocycles. The summed E-state index contributed by atoms with van der Waals surface area (Å²) in [5, 5.41) is 17.0. The Morgan fingerprint density at radius 1 is 1.04 bits per heavy atom. The lowest BCUT2D eigenvalue weighted by molar-refractivity contribution is -0.385. The summed E-state index contributed by atoms with van der Waals surface area (Å²) in [6.07, 6.45) is 0. The summed E-state index contributed by atoms with van der Waals surface area (Å²) in [6, 6.07) is 14.9. The number of nitro groups is 1. The van der Waals surface area contributed by atoms with Crippen LogP contribution in [0.3, 0.4) is 0 Å². The van der Waals surface area contributed by atoms with Crippen molar-refractivity contribution in [3.05, 3.63) is 64.2 Å². The first kappa shape index (κ1) is 17.8. The third-order valence-electron chi connectivity index (χ3n) is 4.48. The standard InChI is InChI=1S/C21H19N3O4/c1-3-27-18-12-19(28-4-2)17(24(25)26)11-14(18)21-22-15-9-5-7-13-8-6-10-16(23-21)20(13)15/h5-12H,3-4H2,1-2H3,(H,22,23). The summed E-state index contributed by atoms with van der Waals surface area (Å²) in [6.45, 7) is 4.37. The zero-order valence-corrected chi connectivity index (χ0v) is 15.6. The number of nitrogens with zero attached hydrogens (tertiary/aromatic N) is 2. The zero-order chi connectivity index (χ0) is 19.7. The van der Waals surface area contributed by atoms with E-state index in [0.717, 1.165) is 22.1 Å². The first-order valence-electron chi connectivity index (χ1n) is 9.08. The normalized spacial score (nSPS) is 12.3. The molecule has 7 heteroatoms. The van der Waals surface area contributed by atoms with E-state index < -0.39 is 4.92 Å². The highest BCUT2D eigenvalue weighted by atomic mass is 16.6. The van der Waals surface area contributed by atoms with Crippen LogP contribution in [-0.4, -0.2) is 24.0 Å². The van der Waals surface area contributed by atoms with Gasteiger partial charge < -0.3 is 14.8 Å². The molecule has 3 aromatic carbocycles. The maximum Gasteiger partial charge on any atom is 0.311 e. The lowest BCUT2D eigenvalue weighted by atomic mass is 10.0. The third-order valence-corrected chi connectivity index (χ3v) is 4.48. The second-order valence-electron chi connectivity index (χ2n) is 6.21. The molecule has 0 spiro atoms. The van der Waals surface area contributed by atoms with E-state index in [1.807, 2.05) is 43.3 Å². The summed E-state index contributed by atoms with van der Waals surface area (Å²) in [5.74, 6) is 1.16. The summed E-state index contributed by atoms with van der Waals surface area (Å²) in [7, 11) is 0. The topological polar surface area (TPSA) is 86.0 Å². The van der Waals surface area contributed by atoms with Crippen molar-refractivity contribution in [1.82, 2.24) is 0 Å². The summed E-state index contributed by atoms with van der Waals surface area (Å²) in [4.78, 5) is 15.8. The molecular formula is C21H19N3O4. The second-order valence-corrected chi connectivity index (χ2v) is 6.21. The van der Waals surface area contributed by atoms with Crippen LogP contribution in [0.15, 0.2) is 53.5 Å². The van der Waals surface area contributed by atoms with E-state index in [1.54, 1.807) is 13.0 Å². The molecule has 0 unspecified atom stereocenters. The van der Waals surface area contributed by atoms with E-state index in [9.17, 15) is 10.1 Å². The highest BCUT2D eigenvalue weighted by molar-refractivity contribution is 6.20. The lowest BCUT2D eigenvalue weighted by Gasteiger charge is -2.21. The molecule has 0 saturated carbocycles. The van der Waals surface area contributed by atoms with Crippen LogP contribution in [0, 0.1) is 10.1 Å². The minimum Gasteiger partial charge on any atom is -0.493 e. The van der Waals surface area contributed by atoms with Crippen LogP contribution in [0.2, 0.25) is 0 Å². The molecule has 1 aliphatic rings. The molecule has 1 N–H and O–H groups in total. The van der Waals surface area contributed by atoms with E-state index in [4.69, 9.17) is 14.5 Å². The van der Waals surface area contributed by atoms with Gasteiger partial charge in [0.2, 0.25) is 5.75 Å². The van der Waals surface area contributed by atoms with Crippen molar-refractivity contribution in [1.29, 1.82) is 0 Å². The third kappa shape index (κ3) is 3.00. The molecule has 0 radical (unpaired) electrons. The summed E-state index contributed by atoms with van der Waals surface area (Å²) >= 11 is 0. The summed E-state index contributed by atoms with van der Waals surface area (Å²) in [5.41, 5.74) is 2.10. The van der Waals surface area contributed by atoms with Crippen molar-refractivity contribution in [2.45, 2.75) is 13.8 Å². The molecule has 7 nitrogen and oxygen atoms in total. The molecule has 0 saturated heterocycles. The van der Waals surface area contributed by atoms with Gasteiger partial charge in [0.15, 0.2) is 0 Å². The number of hydrogen-bond donors (Lipinski definition) is 1. The van der Waals surface area contributed by atoms with Crippen LogP contribution >= 0.6 is 0 Å². The number of nitrogens with one attached hydrogen (secondary N) is 1. The number of aliphatic imine (C=N–C) groups is 1. The van der Waals surface area contributed by atoms with Crippen molar-refractivity contribution >= 4 is 33.7 Å². The predicted octanol–water partition coefficient (Wildman–Crippen LogP) is 5.05. The van der Waals surface area contributed by atoms with E-state index in [-0.39, 0.29) is 11.4 Å². The molecule has 3 aromatic rings. The molecule has 0 amide bonds. The van der Waals surface area contributed by atoms with Gasteiger partial charge in [-0.25, -0.2) is 4.99 Å². The number of anilines is 1. The minimum absolute atomic E-state index is 0.123. The highest BCUT2D eigenvalue weighted by Gasteiger charge is 2.25. The van der Waals surface area contributed by atoms with Gasteiger partial charge in [0.25, 0.3) is 0 Å². The molecule has 0 bridgehead atoms. The minimum atomic E-state index is -0.456. The molecule has 4 rings (SSSR count). The Morgan fingerprint density at radius 2 is 1.75 bits per heavy atom. The van der Waals surface area contributed by atoms with Crippen molar-refractivity contribution in [2.75, 3.05) is 18.5 Å². The number of hydrogen-bond acceptors (Lipinski definition) is 6. The van der Waals surface area contributed by atoms with Gasteiger partial charge in [-0.05, 0) is 31.4 Å². The van der Waals surface area contributed by atoms with Gasteiger partial charge in [0, 0.05) is 23.2 Å². The largest absolute Gasteiger partial charge is 0.493 e. The number of benzene rings is 3. The Morgan fingerprint density at radius 3 is 2.46 bits per heavy atom.